The van der Waals surface area contributed by atoms with E-state index in [2.05, 4.69) is 43.5 Å². The number of aryl methyl sites for hydroxylation is 1. The summed E-state index contributed by atoms with van der Waals surface area (Å²) in [7, 11) is 0. The van der Waals surface area contributed by atoms with Crippen LogP contribution in [0.15, 0.2) is 27.5 Å². The van der Waals surface area contributed by atoms with E-state index in [1.54, 1.807) is 0 Å². The van der Waals surface area contributed by atoms with E-state index in [-0.39, 0.29) is 5.56 Å². The molecule has 110 valence electrons. The first-order valence-corrected chi connectivity index (χ1v) is 8.99. The predicted molar refractivity (Wildman–Crippen MR) is 96.7 cm³/mol. The lowest BCUT2D eigenvalue weighted by Gasteiger charge is -2.13. The van der Waals surface area contributed by atoms with Crippen molar-refractivity contribution in [2.75, 3.05) is 0 Å². The Kier molecular flexibility index (Phi) is 4.49. The van der Waals surface area contributed by atoms with Crippen LogP contribution in [0.5, 0.6) is 0 Å². The second-order valence-electron chi connectivity index (χ2n) is 5.55. The van der Waals surface area contributed by atoms with Crippen molar-refractivity contribution in [1.29, 1.82) is 0 Å². The Balaban J connectivity index is 2.13. The fraction of sp³-hybridized carbons (Fsp3) is 0.375. The molecular weight excluding hydrogens is 443 g/mol. The minimum Gasteiger partial charge on any atom is -0.306 e. The normalized spacial score (nSPS) is 15.6. The van der Waals surface area contributed by atoms with Crippen molar-refractivity contribution < 1.29 is 0 Å². The zero-order chi connectivity index (χ0) is 15.0. The topological polar surface area (TPSA) is 45.8 Å². The van der Waals surface area contributed by atoms with Gasteiger partial charge < -0.3 is 4.98 Å². The molecule has 1 aromatic carbocycles. The minimum absolute atomic E-state index is 0.0233. The summed E-state index contributed by atoms with van der Waals surface area (Å²) in [4.78, 5) is 20.0. The van der Waals surface area contributed by atoms with Gasteiger partial charge in [-0.3, -0.25) is 4.79 Å². The predicted octanol–water partition coefficient (Wildman–Crippen LogP) is 4.77. The standard InChI is InChI=1S/C16H16BrIN2O/c1-9-8-11(17)6-7-12(9)15-19-14(10-4-2-3-5-10)13(18)16(21)20-15/h6-8,10H,2-5H2,1H3,(H,19,20,21). The van der Waals surface area contributed by atoms with Crippen LogP contribution in [0.4, 0.5) is 0 Å². The molecule has 3 nitrogen and oxygen atoms in total. The first-order valence-electron chi connectivity index (χ1n) is 7.12. The molecule has 5 heteroatoms. The maximum absolute atomic E-state index is 12.3. The van der Waals surface area contributed by atoms with Crippen molar-refractivity contribution in [2.45, 2.75) is 38.5 Å². The number of hydrogen-bond acceptors (Lipinski definition) is 2. The van der Waals surface area contributed by atoms with Gasteiger partial charge in [-0.15, -0.1) is 0 Å². The summed E-state index contributed by atoms with van der Waals surface area (Å²) < 4.78 is 1.78. The number of nitrogens with zero attached hydrogens (tertiary/aromatic N) is 1. The number of nitrogens with one attached hydrogen (secondary N) is 1. The lowest BCUT2D eigenvalue weighted by molar-refractivity contribution is 0.687. The molecule has 1 aromatic heterocycles. The van der Waals surface area contributed by atoms with Crippen LogP contribution in [0, 0.1) is 10.5 Å². The Morgan fingerprint density at radius 2 is 2.05 bits per heavy atom. The van der Waals surface area contributed by atoms with Crippen LogP contribution in [-0.2, 0) is 0 Å². The summed E-state index contributed by atoms with van der Waals surface area (Å²) in [5.74, 6) is 1.13. The maximum atomic E-state index is 12.3. The third kappa shape index (κ3) is 3.08. The van der Waals surface area contributed by atoms with Crippen LogP contribution in [-0.4, -0.2) is 9.97 Å². The second kappa shape index (κ2) is 6.20. The molecule has 1 heterocycles. The summed E-state index contributed by atoms with van der Waals surface area (Å²) in [6, 6.07) is 6.03. The molecule has 21 heavy (non-hydrogen) atoms. The first-order chi connectivity index (χ1) is 10.1. The van der Waals surface area contributed by atoms with Crippen molar-refractivity contribution in [2.24, 2.45) is 0 Å². The fourth-order valence-corrected chi connectivity index (χ4v) is 4.14. The molecule has 0 unspecified atom stereocenters. The molecule has 2 aromatic rings. The van der Waals surface area contributed by atoms with Gasteiger partial charge in [0.15, 0.2) is 0 Å². The number of aromatic amines is 1. The summed E-state index contributed by atoms with van der Waals surface area (Å²) in [6.45, 7) is 2.04. The van der Waals surface area contributed by atoms with E-state index in [1.165, 1.54) is 12.8 Å². The van der Waals surface area contributed by atoms with Crippen molar-refractivity contribution in [3.05, 3.63) is 47.9 Å². The van der Waals surface area contributed by atoms with E-state index < -0.39 is 0 Å². The Labute approximate surface area is 145 Å². The molecule has 1 N–H and O–H groups in total. The molecule has 3 rings (SSSR count). The van der Waals surface area contributed by atoms with Crippen LogP contribution >= 0.6 is 38.5 Å². The monoisotopic (exact) mass is 458 g/mol. The SMILES string of the molecule is Cc1cc(Br)ccc1-c1nc(C2CCCC2)c(I)c(=O)[nH]1. The van der Waals surface area contributed by atoms with Gasteiger partial charge in [0.2, 0.25) is 0 Å². The van der Waals surface area contributed by atoms with Gasteiger partial charge in [0, 0.05) is 16.0 Å². The third-order valence-corrected chi connectivity index (χ3v) is 5.61. The van der Waals surface area contributed by atoms with Gasteiger partial charge in [0.25, 0.3) is 5.56 Å². The highest BCUT2D eigenvalue weighted by atomic mass is 127. The van der Waals surface area contributed by atoms with Crippen molar-refractivity contribution in [3.63, 3.8) is 0 Å². The summed E-state index contributed by atoms with van der Waals surface area (Å²) >= 11 is 5.60. The summed E-state index contributed by atoms with van der Waals surface area (Å²) in [5.41, 5.74) is 3.05. The molecule has 0 amide bonds. The molecule has 0 bridgehead atoms. The molecule has 0 radical (unpaired) electrons. The van der Waals surface area contributed by atoms with Gasteiger partial charge in [-0.25, -0.2) is 4.98 Å². The molecule has 0 atom stereocenters. The zero-order valence-corrected chi connectivity index (χ0v) is 15.5. The van der Waals surface area contributed by atoms with Crippen molar-refractivity contribution >= 4 is 38.5 Å². The van der Waals surface area contributed by atoms with Gasteiger partial charge >= 0.3 is 0 Å². The van der Waals surface area contributed by atoms with Crippen LogP contribution in [0.25, 0.3) is 11.4 Å². The number of benzene rings is 1. The molecular formula is C16H16BrIN2O. The smallest absolute Gasteiger partial charge is 0.264 e. The lowest BCUT2D eigenvalue weighted by atomic mass is 10.0. The molecule has 0 spiro atoms. The highest BCUT2D eigenvalue weighted by Gasteiger charge is 2.23. The molecule has 1 saturated carbocycles. The molecule has 1 aliphatic carbocycles. The van der Waals surface area contributed by atoms with E-state index in [0.29, 0.717) is 11.7 Å². The van der Waals surface area contributed by atoms with Crippen LogP contribution < -0.4 is 5.56 Å². The molecule has 1 aliphatic rings. The summed E-state index contributed by atoms with van der Waals surface area (Å²) in [6.07, 6.45) is 4.76. The first kappa shape index (κ1) is 15.2. The van der Waals surface area contributed by atoms with Gasteiger partial charge in [0.1, 0.15) is 5.82 Å². The van der Waals surface area contributed by atoms with E-state index in [0.717, 1.165) is 37.7 Å². The number of rotatable bonds is 2. The highest BCUT2D eigenvalue weighted by Crippen LogP contribution is 2.35. The number of H-pyrrole nitrogens is 1. The average molecular weight is 459 g/mol. The van der Waals surface area contributed by atoms with E-state index in [4.69, 9.17) is 4.98 Å². The number of halogens is 2. The van der Waals surface area contributed by atoms with Gasteiger partial charge in [-0.2, -0.15) is 0 Å². The van der Waals surface area contributed by atoms with Crippen molar-refractivity contribution in [1.82, 2.24) is 9.97 Å². The number of aromatic nitrogens is 2. The molecule has 0 aliphatic heterocycles. The molecule has 1 fully saturated rings. The Morgan fingerprint density at radius 3 is 2.71 bits per heavy atom. The van der Waals surface area contributed by atoms with Gasteiger partial charge in [-0.1, -0.05) is 28.8 Å². The van der Waals surface area contributed by atoms with E-state index in [1.807, 2.05) is 25.1 Å². The number of hydrogen-bond donors (Lipinski definition) is 1. The Morgan fingerprint density at radius 1 is 1.33 bits per heavy atom. The zero-order valence-electron chi connectivity index (χ0n) is 11.7. The van der Waals surface area contributed by atoms with Crippen LogP contribution in [0.1, 0.15) is 42.9 Å². The lowest BCUT2D eigenvalue weighted by Crippen LogP contribution is -2.18. The van der Waals surface area contributed by atoms with Crippen molar-refractivity contribution in [3.8, 4) is 11.4 Å². The largest absolute Gasteiger partial charge is 0.306 e. The third-order valence-electron chi connectivity index (χ3n) is 4.07. The average Bonchev–Trinajstić information content (AvgIpc) is 2.96. The Bertz CT molecular complexity index is 736. The maximum Gasteiger partial charge on any atom is 0.264 e. The fourth-order valence-electron chi connectivity index (χ4n) is 2.97. The van der Waals surface area contributed by atoms with E-state index in [9.17, 15) is 4.79 Å². The molecule has 0 saturated heterocycles. The van der Waals surface area contributed by atoms with Crippen LogP contribution in [0.2, 0.25) is 0 Å². The minimum atomic E-state index is -0.0233. The van der Waals surface area contributed by atoms with Gasteiger partial charge in [-0.05, 0) is 66.1 Å². The quantitative estimate of drug-likeness (QED) is 0.659. The van der Waals surface area contributed by atoms with Gasteiger partial charge in [0.05, 0.1) is 9.26 Å². The van der Waals surface area contributed by atoms with Crippen LogP contribution in [0.3, 0.4) is 0 Å². The Hall–Kier alpha value is -0.690. The van der Waals surface area contributed by atoms with E-state index >= 15 is 0 Å². The highest BCUT2D eigenvalue weighted by molar-refractivity contribution is 14.1. The summed E-state index contributed by atoms with van der Waals surface area (Å²) in [5, 5.41) is 0. The second-order valence-corrected chi connectivity index (χ2v) is 7.55.